The maximum atomic E-state index is 12.5. The first-order valence-electron chi connectivity index (χ1n) is 31.1. The minimum Gasteiger partial charge on any atom is -0.466 e. The summed E-state index contributed by atoms with van der Waals surface area (Å²) in [6.45, 7) is 4.94. The van der Waals surface area contributed by atoms with E-state index >= 15 is 0 Å². The molecular formula is C63H121NO5. The Morgan fingerprint density at radius 2 is 0.681 bits per heavy atom. The number of esters is 1. The lowest BCUT2D eigenvalue weighted by atomic mass is 10.0. The van der Waals surface area contributed by atoms with Gasteiger partial charge >= 0.3 is 5.97 Å². The van der Waals surface area contributed by atoms with Crippen LogP contribution in [0.25, 0.3) is 0 Å². The molecule has 6 nitrogen and oxygen atoms in total. The topological polar surface area (TPSA) is 95.9 Å². The van der Waals surface area contributed by atoms with Crippen LogP contribution >= 0.6 is 0 Å². The third-order valence-corrected chi connectivity index (χ3v) is 14.5. The summed E-state index contributed by atoms with van der Waals surface area (Å²) in [4.78, 5) is 24.5. The summed E-state index contributed by atoms with van der Waals surface area (Å²) in [5.41, 5.74) is 0. The van der Waals surface area contributed by atoms with E-state index in [0.29, 0.717) is 25.9 Å². The van der Waals surface area contributed by atoms with Crippen LogP contribution in [0.3, 0.4) is 0 Å². The number of nitrogens with one attached hydrogen (secondary N) is 1. The van der Waals surface area contributed by atoms with Gasteiger partial charge in [-0.1, -0.05) is 276 Å². The van der Waals surface area contributed by atoms with Crippen molar-refractivity contribution in [1.82, 2.24) is 5.32 Å². The highest BCUT2D eigenvalue weighted by molar-refractivity contribution is 5.76. The van der Waals surface area contributed by atoms with Gasteiger partial charge < -0.3 is 20.3 Å². The van der Waals surface area contributed by atoms with Crippen LogP contribution in [0.2, 0.25) is 0 Å². The molecule has 0 fully saturated rings. The number of unbranched alkanes of at least 4 members (excludes halogenated alkanes) is 43. The lowest BCUT2D eigenvalue weighted by molar-refractivity contribution is -0.143. The minimum absolute atomic E-state index is 0.00440. The van der Waals surface area contributed by atoms with Gasteiger partial charge in [-0.05, 0) is 77.0 Å². The zero-order valence-corrected chi connectivity index (χ0v) is 46.6. The molecule has 0 spiro atoms. The van der Waals surface area contributed by atoms with Crippen molar-refractivity contribution >= 4 is 11.9 Å². The maximum absolute atomic E-state index is 12.5. The fourth-order valence-electron chi connectivity index (χ4n) is 9.69. The van der Waals surface area contributed by atoms with Crippen molar-refractivity contribution in [2.75, 3.05) is 13.2 Å². The molecule has 0 aromatic rings. The normalized spacial score (nSPS) is 12.7. The van der Waals surface area contributed by atoms with E-state index in [1.807, 2.05) is 0 Å². The molecule has 6 heteroatoms. The lowest BCUT2D eigenvalue weighted by Crippen LogP contribution is -2.45. The predicted octanol–water partition coefficient (Wildman–Crippen LogP) is 19.4. The average Bonchev–Trinajstić information content (AvgIpc) is 3.35. The fourth-order valence-corrected chi connectivity index (χ4v) is 9.69. The number of allylic oxidation sites excluding steroid dienone is 4. The van der Waals surface area contributed by atoms with Gasteiger partial charge in [0.25, 0.3) is 0 Å². The van der Waals surface area contributed by atoms with Gasteiger partial charge in [-0.2, -0.15) is 0 Å². The van der Waals surface area contributed by atoms with Crippen LogP contribution in [0.1, 0.15) is 341 Å². The summed E-state index contributed by atoms with van der Waals surface area (Å²) < 4.78 is 5.47. The van der Waals surface area contributed by atoms with Crippen LogP contribution in [0.4, 0.5) is 0 Å². The van der Waals surface area contributed by atoms with Crippen molar-refractivity contribution in [2.24, 2.45) is 0 Å². The zero-order chi connectivity index (χ0) is 50.0. The quantitative estimate of drug-likeness (QED) is 0.0321. The molecule has 0 aromatic heterocycles. The Morgan fingerprint density at radius 3 is 1.06 bits per heavy atom. The molecule has 0 heterocycles. The molecule has 0 aliphatic rings. The third kappa shape index (κ3) is 55.5. The smallest absolute Gasteiger partial charge is 0.305 e. The van der Waals surface area contributed by atoms with E-state index in [9.17, 15) is 19.8 Å². The van der Waals surface area contributed by atoms with E-state index in [-0.39, 0.29) is 18.5 Å². The van der Waals surface area contributed by atoms with Gasteiger partial charge in [0.2, 0.25) is 5.91 Å². The summed E-state index contributed by atoms with van der Waals surface area (Å²) in [6.07, 6.45) is 71.9. The summed E-state index contributed by atoms with van der Waals surface area (Å²) in [7, 11) is 0. The second-order valence-electron chi connectivity index (χ2n) is 21.4. The van der Waals surface area contributed by atoms with Gasteiger partial charge in [-0.15, -0.1) is 0 Å². The van der Waals surface area contributed by atoms with Crippen molar-refractivity contribution in [3.05, 3.63) is 24.3 Å². The fraction of sp³-hybridized carbons (Fsp3) is 0.905. The van der Waals surface area contributed by atoms with Crippen molar-refractivity contribution in [3.63, 3.8) is 0 Å². The van der Waals surface area contributed by atoms with Crippen LogP contribution in [0, 0.1) is 0 Å². The van der Waals surface area contributed by atoms with Crippen LogP contribution in [0.15, 0.2) is 24.3 Å². The number of amides is 1. The molecule has 0 radical (unpaired) electrons. The molecule has 3 N–H and O–H groups in total. The number of carbonyl (C=O) groups excluding carboxylic acids is 2. The number of hydrogen-bond acceptors (Lipinski definition) is 5. The maximum Gasteiger partial charge on any atom is 0.305 e. The number of carbonyl (C=O) groups is 2. The molecule has 0 saturated carbocycles. The monoisotopic (exact) mass is 972 g/mol. The van der Waals surface area contributed by atoms with Crippen LogP contribution in [-0.4, -0.2) is 47.4 Å². The van der Waals surface area contributed by atoms with E-state index in [4.69, 9.17) is 4.74 Å². The Balaban J connectivity index is 3.39. The minimum atomic E-state index is -0.664. The Kier molecular flexibility index (Phi) is 57.5. The lowest BCUT2D eigenvalue weighted by Gasteiger charge is -2.22. The molecule has 2 unspecified atom stereocenters. The van der Waals surface area contributed by atoms with E-state index in [1.54, 1.807) is 0 Å². The average molecular weight is 973 g/mol. The molecule has 1 amide bonds. The number of ether oxygens (including phenoxy) is 1. The van der Waals surface area contributed by atoms with E-state index in [2.05, 4.69) is 43.5 Å². The molecular weight excluding hydrogens is 851 g/mol. The highest BCUT2D eigenvalue weighted by atomic mass is 16.5. The van der Waals surface area contributed by atoms with Gasteiger partial charge in [-0.3, -0.25) is 9.59 Å². The first kappa shape index (κ1) is 67.3. The van der Waals surface area contributed by atoms with Gasteiger partial charge in [0.05, 0.1) is 25.4 Å². The van der Waals surface area contributed by atoms with Crippen LogP contribution in [0.5, 0.6) is 0 Å². The molecule has 0 aliphatic carbocycles. The molecule has 0 aromatic carbocycles. The molecule has 0 saturated heterocycles. The Labute approximate surface area is 431 Å². The van der Waals surface area contributed by atoms with Crippen molar-refractivity contribution in [1.29, 1.82) is 0 Å². The van der Waals surface area contributed by atoms with Crippen LogP contribution in [-0.2, 0) is 14.3 Å². The molecule has 0 aliphatic heterocycles. The molecule has 69 heavy (non-hydrogen) atoms. The molecule has 0 bridgehead atoms. The standard InChI is InChI=1S/C63H121NO5/c1-3-5-7-9-11-13-15-17-32-35-39-43-47-51-55-61(66)60(59-65)64-62(67)56-52-48-44-40-36-33-30-28-26-24-22-20-18-19-21-23-25-27-29-31-34-38-42-46-50-54-58-69-63(68)57-53-49-45-41-37-16-14-12-10-8-6-4-2/h12,14,18,20,60-61,65-66H,3-11,13,15-17,19,21-59H2,1-2H3,(H,64,67)/b14-12-,20-18-. The summed E-state index contributed by atoms with van der Waals surface area (Å²) in [5, 5.41) is 23.3. The van der Waals surface area contributed by atoms with Gasteiger partial charge in [-0.25, -0.2) is 0 Å². The van der Waals surface area contributed by atoms with E-state index in [1.165, 1.54) is 263 Å². The second kappa shape index (κ2) is 58.9. The Bertz CT molecular complexity index is 1080. The zero-order valence-electron chi connectivity index (χ0n) is 46.6. The summed E-state index contributed by atoms with van der Waals surface area (Å²) in [5.74, 6) is -0.0309. The number of rotatable bonds is 58. The van der Waals surface area contributed by atoms with E-state index in [0.717, 1.165) is 44.9 Å². The van der Waals surface area contributed by atoms with Gasteiger partial charge in [0, 0.05) is 12.8 Å². The number of hydrogen-bond donors (Lipinski definition) is 3. The third-order valence-electron chi connectivity index (χ3n) is 14.5. The summed E-state index contributed by atoms with van der Waals surface area (Å²) >= 11 is 0. The molecule has 408 valence electrons. The molecule has 0 rings (SSSR count). The highest BCUT2D eigenvalue weighted by Crippen LogP contribution is 2.17. The number of aliphatic hydroxyl groups excluding tert-OH is 2. The van der Waals surface area contributed by atoms with E-state index < -0.39 is 12.1 Å². The van der Waals surface area contributed by atoms with Crippen molar-refractivity contribution < 1.29 is 24.5 Å². The second-order valence-corrected chi connectivity index (χ2v) is 21.4. The van der Waals surface area contributed by atoms with Crippen molar-refractivity contribution in [3.8, 4) is 0 Å². The highest BCUT2D eigenvalue weighted by Gasteiger charge is 2.20. The molecule has 2 atom stereocenters. The van der Waals surface area contributed by atoms with Gasteiger partial charge in [0.15, 0.2) is 0 Å². The van der Waals surface area contributed by atoms with Crippen molar-refractivity contribution in [2.45, 2.75) is 353 Å². The SMILES string of the molecule is CCCCC/C=C\CCCCCCCC(=O)OCCCCCCCCCCCCCC/C=C\CCCCCCCCCCCCC(=O)NC(CO)C(O)CCCCCCCCCCCCCCCC. The Hall–Kier alpha value is -1.66. The predicted molar refractivity (Wildman–Crippen MR) is 301 cm³/mol. The first-order valence-corrected chi connectivity index (χ1v) is 31.1. The largest absolute Gasteiger partial charge is 0.466 e. The summed E-state index contributed by atoms with van der Waals surface area (Å²) in [6, 6.07) is -0.542. The Morgan fingerprint density at radius 1 is 0.391 bits per heavy atom. The first-order chi connectivity index (χ1) is 34.0. The van der Waals surface area contributed by atoms with Gasteiger partial charge in [0.1, 0.15) is 0 Å². The van der Waals surface area contributed by atoms with Crippen LogP contribution < -0.4 is 5.32 Å². The number of aliphatic hydroxyl groups is 2.